The summed E-state index contributed by atoms with van der Waals surface area (Å²) < 4.78 is 11.0. The van der Waals surface area contributed by atoms with Crippen molar-refractivity contribution in [1.82, 2.24) is 0 Å². The van der Waals surface area contributed by atoms with Crippen LogP contribution in [0.1, 0.15) is 12.0 Å². The van der Waals surface area contributed by atoms with Gasteiger partial charge in [0.15, 0.2) is 6.40 Å². The van der Waals surface area contributed by atoms with Crippen LogP contribution in [0, 0.1) is 0 Å². The summed E-state index contributed by atoms with van der Waals surface area (Å²) in [5.74, 6) is 0.772. The monoisotopic (exact) mass is 347 g/mol. The molecular formula is C20H17N3O3. The average molecular weight is 347 g/mol. The molecule has 1 aromatic carbocycles. The summed E-state index contributed by atoms with van der Waals surface area (Å²) in [6.45, 7) is 0. The molecule has 1 aliphatic carbocycles. The fourth-order valence-electron chi connectivity index (χ4n) is 2.19. The molecule has 2 aliphatic rings. The van der Waals surface area contributed by atoms with E-state index in [1.165, 1.54) is 25.1 Å². The maximum atomic E-state index is 11.6. The van der Waals surface area contributed by atoms with Gasteiger partial charge in [0.25, 0.3) is 5.91 Å². The Labute approximate surface area is 151 Å². The lowest BCUT2D eigenvalue weighted by Crippen LogP contribution is -2.22. The maximum absolute atomic E-state index is 11.6. The van der Waals surface area contributed by atoms with Crippen molar-refractivity contribution in [2.45, 2.75) is 6.42 Å². The van der Waals surface area contributed by atoms with Gasteiger partial charge in [-0.25, -0.2) is 9.98 Å². The minimum atomic E-state index is -0.612. The molecule has 0 saturated carbocycles. The largest absolute Gasteiger partial charge is 0.460 e. The molecule has 6 nitrogen and oxygen atoms in total. The molecule has 0 unspecified atom stereocenters. The second-order valence-electron chi connectivity index (χ2n) is 5.32. The molecule has 2 N–H and O–H groups in total. The molecule has 1 amide bonds. The zero-order valence-corrected chi connectivity index (χ0v) is 13.9. The highest BCUT2D eigenvalue weighted by molar-refractivity contribution is 6.46. The molecule has 1 aromatic rings. The molecule has 0 radical (unpaired) electrons. The lowest BCUT2D eigenvalue weighted by molar-refractivity contribution is -0.111. The molecule has 26 heavy (non-hydrogen) atoms. The number of fused-ring (bicyclic) bond motifs is 1. The number of ether oxygens (including phenoxy) is 2. The second kappa shape index (κ2) is 8.43. The van der Waals surface area contributed by atoms with Crippen LogP contribution in [-0.4, -0.2) is 18.0 Å². The van der Waals surface area contributed by atoms with Gasteiger partial charge in [0, 0.05) is 30.0 Å². The predicted molar refractivity (Wildman–Crippen MR) is 101 cm³/mol. The average Bonchev–Trinajstić information content (AvgIpc) is 3.38. The van der Waals surface area contributed by atoms with Crippen molar-refractivity contribution in [1.29, 1.82) is 0 Å². The number of para-hydroxylation sites is 1. The van der Waals surface area contributed by atoms with E-state index in [1.807, 2.05) is 48.6 Å². The molecule has 0 atom stereocenters. The molecule has 1 heterocycles. The summed E-state index contributed by atoms with van der Waals surface area (Å²) in [7, 11) is 0. The molecule has 0 fully saturated rings. The van der Waals surface area contributed by atoms with E-state index < -0.39 is 5.91 Å². The fraction of sp³-hybridized carbons (Fsp3) is 0.0500. The van der Waals surface area contributed by atoms with Gasteiger partial charge in [0.05, 0.1) is 6.26 Å². The number of amides is 1. The third kappa shape index (κ3) is 4.67. The number of nitrogens with zero attached hydrogens (tertiary/aromatic N) is 2. The molecule has 3 rings (SSSR count). The molecule has 130 valence electrons. The number of hydrogen-bond acceptors (Lipinski definition) is 5. The number of hydrogen-bond donors (Lipinski definition) is 1. The van der Waals surface area contributed by atoms with Gasteiger partial charge < -0.3 is 15.2 Å². The summed E-state index contributed by atoms with van der Waals surface area (Å²) in [6.07, 6.45) is 15.3. The third-order valence-electron chi connectivity index (χ3n) is 3.46. The lowest BCUT2D eigenvalue weighted by atomic mass is 10.2. The molecule has 6 heteroatoms. The second-order valence-corrected chi connectivity index (χ2v) is 5.32. The Morgan fingerprint density at radius 3 is 2.81 bits per heavy atom. The molecular weight excluding hydrogens is 330 g/mol. The number of carbonyl (C=O) groups is 1. The van der Waals surface area contributed by atoms with Gasteiger partial charge in [-0.2, -0.15) is 0 Å². The van der Waals surface area contributed by atoms with Gasteiger partial charge in [-0.05, 0) is 12.1 Å². The third-order valence-corrected chi connectivity index (χ3v) is 3.46. The first kappa shape index (κ1) is 17.2. The molecule has 0 saturated heterocycles. The number of carbonyl (C=O) groups excluding carboxylic acids is 1. The van der Waals surface area contributed by atoms with E-state index in [-0.39, 0.29) is 5.71 Å². The van der Waals surface area contributed by atoms with Crippen molar-refractivity contribution in [3.63, 3.8) is 0 Å². The molecule has 1 aliphatic heterocycles. The Bertz CT molecular complexity index is 903. The quantitative estimate of drug-likeness (QED) is 0.846. The Balaban J connectivity index is 1.93. The van der Waals surface area contributed by atoms with Gasteiger partial charge in [0.2, 0.25) is 0 Å². The van der Waals surface area contributed by atoms with Crippen molar-refractivity contribution in [2.24, 2.45) is 15.7 Å². The van der Waals surface area contributed by atoms with Gasteiger partial charge >= 0.3 is 0 Å². The Morgan fingerprint density at radius 2 is 1.92 bits per heavy atom. The first-order chi connectivity index (χ1) is 12.8. The van der Waals surface area contributed by atoms with Crippen molar-refractivity contribution >= 4 is 24.1 Å². The van der Waals surface area contributed by atoms with Crippen LogP contribution in [0.5, 0.6) is 5.75 Å². The van der Waals surface area contributed by atoms with E-state index in [0.29, 0.717) is 23.5 Å². The minimum absolute atomic E-state index is 0.171. The first-order valence-electron chi connectivity index (χ1n) is 7.94. The Hall–Kier alpha value is -3.67. The van der Waals surface area contributed by atoms with Crippen LogP contribution in [0.3, 0.4) is 0 Å². The number of benzene rings is 1. The van der Waals surface area contributed by atoms with E-state index in [2.05, 4.69) is 9.98 Å². The predicted octanol–water partition coefficient (Wildman–Crippen LogP) is 3.26. The van der Waals surface area contributed by atoms with E-state index in [0.717, 1.165) is 5.56 Å². The van der Waals surface area contributed by atoms with E-state index in [4.69, 9.17) is 15.2 Å². The van der Waals surface area contributed by atoms with Crippen molar-refractivity contribution in [3.05, 3.63) is 84.1 Å². The topological polar surface area (TPSA) is 86.3 Å². The van der Waals surface area contributed by atoms with Crippen molar-refractivity contribution in [3.8, 4) is 5.75 Å². The zero-order chi connectivity index (χ0) is 18.2. The summed E-state index contributed by atoms with van der Waals surface area (Å²) in [5, 5.41) is 0. The van der Waals surface area contributed by atoms with E-state index >= 15 is 0 Å². The van der Waals surface area contributed by atoms with Crippen LogP contribution in [-0.2, 0) is 9.53 Å². The van der Waals surface area contributed by atoms with Gasteiger partial charge in [0.1, 0.15) is 17.2 Å². The molecule has 0 bridgehead atoms. The zero-order valence-electron chi connectivity index (χ0n) is 13.9. The van der Waals surface area contributed by atoms with Crippen LogP contribution in [0.2, 0.25) is 0 Å². The van der Waals surface area contributed by atoms with Crippen LogP contribution in [0.4, 0.5) is 0 Å². The highest BCUT2D eigenvalue weighted by atomic mass is 16.5. The Morgan fingerprint density at radius 1 is 1.08 bits per heavy atom. The summed E-state index contributed by atoms with van der Waals surface area (Å²) >= 11 is 0. The first-order valence-corrected chi connectivity index (χ1v) is 7.94. The standard InChI is InChI=1S/C20H17N3O3/c21-20(24)19-16-13-18(16)26-17-9-5-4-8-15(17)7-3-1-2-6-12-25-14-22-10-11-23-19/h1-12,14H,13H2,(H2,21,24)/b2-1-,7-3-,11-10-,12-6-,22-14?,23-19?. The Kier molecular flexibility index (Phi) is 5.57. The SMILES string of the molecule is NC(=O)C1=N/C=C\N=CO\C=C/C=C\C=C/c2ccccc2OC2=C1C2. The number of primary amides is 1. The van der Waals surface area contributed by atoms with Gasteiger partial charge in [-0.1, -0.05) is 42.5 Å². The molecule has 0 spiro atoms. The highest BCUT2D eigenvalue weighted by Gasteiger charge is 2.32. The number of nitrogens with two attached hydrogens (primary N) is 1. The normalized spacial score (nSPS) is 21.5. The smallest absolute Gasteiger partial charge is 0.267 e. The van der Waals surface area contributed by atoms with Crippen molar-refractivity contribution in [2.75, 3.05) is 0 Å². The number of allylic oxidation sites excluding steroid dienone is 5. The molecule has 0 aromatic heterocycles. The summed E-state index contributed by atoms with van der Waals surface area (Å²) in [4.78, 5) is 19.6. The minimum Gasteiger partial charge on any atom is -0.460 e. The van der Waals surface area contributed by atoms with Crippen molar-refractivity contribution < 1.29 is 14.3 Å². The van der Waals surface area contributed by atoms with Gasteiger partial charge in [-0.3, -0.25) is 4.79 Å². The highest BCUT2D eigenvalue weighted by Crippen LogP contribution is 2.36. The number of rotatable bonds is 1. The maximum Gasteiger partial charge on any atom is 0.267 e. The van der Waals surface area contributed by atoms with Crippen LogP contribution >= 0.6 is 0 Å². The van der Waals surface area contributed by atoms with Crippen LogP contribution < -0.4 is 10.5 Å². The fourth-order valence-corrected chi connectivity index (χ4v) is 2.19. The summed E-state index contributed by atoms with van der Waals surface area (Å²) in [5.41, 5.74) is 7.20. The van der Waals surface area contributed by atoms with E-state index in [9.17, 15) is 4.79 Å². The van der Waals surface area contributed by atoms with Gasteiger partial charge in [-0.15, -0.1) is 0 Å². The lowest BCUT2D eigenvalue weighted by Gasteiger charge is -2.04. The van der Waals surface area contributed by atoms with E-state index in [1.54, 1.807) is 6.08 Å². The van der Waals surface area contributed by atoms with Crippen LogP contribution in [0.25, 0.3) is 6.08 Å². The summed E-state index contributed by atoms with van der Waals surface area (Å²) in [6, 6.07) is 7.63. The van der Waals surface area contributed by atoms with Crippen LogP contribution in [0.15, 0.2) is 88.5 Å². The number of aliphatic imine (C=N–C) groups is 2.